The van der Waals surface area contributed by atoms with Crippen molar-refractivity contribution in [3.63, 3.8) is 0 Å². The number of aromatic carboxylic acids is 1. The maximum atomic E-state index is 12.6. The highest BCUT2D eigenvalue weighted by Gasteiger charge is 2.15. The summed E-state index contributed by atoms with van der Waals surface area (Å²) in [5.41, 5.74) is 2.15. The Morgan fingerprint density at radius 2 is 2.12 bits per heavy atom. The van der Waals surface area contributed by atoms with Gasteiger partial charge in [0.2, 0.25) is 0 Å². The lowest BCUT2D eigenvalue weighted by atomic mass is 10.1. The van der Waals surface area contributed by atoms with E-state index in [0.29, 0.717) is 23.4 Å². The molecule has 0 fully saturated rings. The first kappa shape index (κ1) is 18.1. The molecule has 0 saturated carbocycles. The van der Waals surface area contributed by atoms with Gasteiger partial charge in [-0.25, -0.2) is 9.78 Å². The predicted octanol–water partition coefficient (Wildman–Crippen LogP) is 4.47. The van der Waals surface area contributed by atoms with Crippen LogP contribution in [0.4, 0.5) is 0 Å². The average molecular weight is 368 g/mol. The molecule has 0 atom stereocenters. The minimum absolute atomic E-state index is 0.00706. The number of benzene rings is 1. The number of aromatic nitrogens is 2. The monoisotopic (exact) mass is 368 g/mol. The normalized spacial score (nSPS) is 11.7. The van der Waals surface area contributed by atoms with Crippen LogP contribution in [0.5, 0.6) is 0 Å². The number of pyridine rings is 1. The van der Waals surface area contributed by atoms with E-state index in [1.54, 1.807) is 22.0 Å². The highest BCUT2D eigenvalue weighted by molar-refractivity contribution is 7.10. The van der Waals surface area contributed by atoms with E-state index in [2.05, 4.69) is 18.8 Å². The van der Waals surface area contributed by atoms with Crippen LogP contribution in [0, 0.1) is 0 Å². The Morgan fingerprint density at radius 3 is 2.73 bits per heavy atom. The minimum atomic E-state index is -1.10. The summed E-state index contributed by atoms with van der Waals surface area (Å²) in [6, 6.07) is 6.67. The van der Waals surface area contributed by atoms with Crippen LogP contribution in [0.1, 0.15) is 53.4 Å². The molecule has 0 radical (unpaired) electrons. The summed E-state index contributed by atoms with van der Waals surface area (Å²) in [5, 5.41) is 12.8. The number of carbonyl (C=O) groups is 1. The molecular weight excluding hydrogens is 348 g/mol. The Kier molecular flexibility index (Phi) is 5.04. The molecule has 0 bridgehead atoms. The molecule has 26 heavy (non-hydrogen) atoms. The first-order chi connectivity index (χ1) is 12.4. The topological polar surface area (TPSA) is 72.2 Å². The van der Waals surface area contributed by atoms with Crippen molar-refractivity contribution in [3.8, 4) is 0 Å². The van der Waals surface area contributed by atoms with Crippen molar-refractivity contribution in [1.29, 1.82) is 0 Å². The Hall–Kier alpha value is -2.73. The molecule has 0 unspecified atom stereocenters. The third kappa shape index (κ3) is 3.32. The van der Waals surface area contributed by atoms with Crippen LogP contribution >= 0.6 is 11.3 Å². The van der Waals surface area contributed by atoms with Gasteiger partial charge in [-0.05, 0) is 30.5 Å². The van der Waals surface area contributed by atoms with Crippen molar-refractivity contribution in [2.45, 2.75) is 33.2 Å². The van der Waals surface area contributed by atoms with E-state index in [-0.39, 0.29) is 11.1 Å². The SMILES string of the molecule is CCn1c(C(=O)O)cc(=O)c2c(/C=C/c3nc(C(C)C)cs3)cccc21. The molecule has 2 aromatic heterocycles. The average Bonchev–Trinajstić information content (AvgIpc) is 3.08. The van der Waals surface area contributed by atoms with Crippen molar-refractivity contribution in [1.82, 2.24) is 9.55 Å². The van der Waals surface area contributed by atoms with E-state index in [1.165, 1.54) is 6.07 Å². The molecule has 6 heteroatoms. The van der Waals surface area contributed by atoms with E-state index < -0.39 is 5.97 Å². The number of thiazole rings is 1. The van der Waals surface area contributed by atoms with Gasteiger partial charge in [-0.15, -0.1) is 11.3 Å². The van der Waals surface area contributed by atoms with Crippen LogP contribution in [0.2, 0.25) is 0 Å². The van der Waals surface area contributed by atoms with Gasteiger partial charge >= 0.3 is 5.97 Å². The molecule has 2 heterocycles. The van der Waals surface area contributed by atoms with Crippen LogP contribution in [-0.4, -0.2) is 20.6 Å². The van der Waals surface area contributed by atoms with E-state index in [4.69, 9.17) is 0 Å². The number of nitrogens with zero attached hydrogens (tertiary/aromatic N) is 2. The molecule has 0 aliphatic heterocycles. The van der Waals surface area contributed by atoms with E-state index in [1.807, 2.05) is 36.6 Å². The third-order valence-corrected chi connectivity index (χ3v) is 5.07. The Morgan fingerprint density at radius 1 is 1.35 bits per heavy atom. The summed E-state index contributed by atoms with van der Waals surface area (Å²) in [4.78, 5) is 28.6. The minimum Gasteiger partial charge on any atom is -0.477 e. The lowest BCUT2D eigenvalue weighted by Gasteiger charge is -2.13. The number of carboxylic acid groups (broad SMARTS) is 1. The second-order valence-electron chi connectivity index (χ2n) is 6.28. The maximum absolute atomic E-state index is 12.6. The fourth-order valence-corrected chi connectivity index (χ4v) is 3.79. The first-order valence-corrected chi connectivity index (χ1v) is 9.33. The third-order valence-electron chi connectivity index (χ3n) is 4.24. The first-order valence-electron chi connectivity index (χ1n) is 8.45. The van der Waals surface area contributed by atoms with Crippen molar-refractivity contribution >= 4 is 40.4 Å². The second kappa shape index (κ2) is 7.25. The van der Waals surface area contributed by atoms with E-state index in [0.717, 1.165) is 16.3 Å². The number of hydrogen-bond donors (Lipinski definition) is 1. The van der Waals surface area contributed by atoms with Crippen LogP contribution < -0.4 is 5.43 Å². The van der Waals surface area contributed by atoms with Crippen molar-refractivity contribution in [3.05, 3.63) is 61.8 Å². The Bertz CT molecular complexity index is 1060. The molecular formula is C20H20N2O3S. The molecule has 0 aliphatic rings. The second-order valence-corrected chi connectivity index (χ2v) is 7.17. The smallest absolute Gasteiger partial charge is 0.352 e. The van der Waals surface area contributed by atoms with Crippen LogP contribution in [-0.2, 0) is 6.54 Å². The predicted molar refractivity (Wildman–Crippen MR) is 106 cm³/mol. The van der Waals surface area contributed by atoms with Gasteiger partial charge in [0.1, 0.15) is 10.7 Å². The molecule has 0 saturated heterocycles. The quantitative estimate of drug-likeness (QED) is 0.721. The van der Waals surface area contributed by atoms with Crippen molar-refractivity contribution in [2.75, 3.05) is 0 Å². The van der Waals surface area contributed by atoms with Gasteiger partial charge in [0.25, 0.3) is 0 Å². The lowest BCUT2D eigenvalue weighted by molar-refractivity contribution is 0.0685. The molecule has 0 aliphatic carbocycles. The summed E-state index contributed by atoms with van der Waals surface area (Å²) in [5.74, 6) is -0.729. The molecule has 1 N–H and O–H groups in total. The lowest BCUT2D eigenvalue weighted by Crippen LogP contribution is -2.18. The van der Waals surface area contributed by atoms with Crippen molar-refractivity contribution < 1.29 is 9.90 Å². The number of aryl methyl sites for hydroxylation is 1. The number of carboxylic acids is 1. The summed E-state index contributed by atoms with van der Waals surface area (Å²) in [6.07, 6.45) is 3.76. The van der Waals surface area contributed by atoms with E-state index >= 15 is 0 Å². The zero-order valence-corrected chi connectivity index (χ0v) is 15.7. The Labute approximate surface area is 155 Å². The van der Waals surface area contributed by atoms with Gasteiger partial charge in [0, 0.05) is 18.0 Å². The highest BCUT2D eigenvalue weighted by Crippen LogP contribution is 2.22. The zero-order chi connectivity index (χ0) is 18.8. The number of hydrogen-bond acceptors (Lipinski definition) is 4. The zero-order valence-electron chi connectivity index (χ0n) is 14.9. The Balaban J connectivity index is 2.13. The molecule has 5 nitrogen and oxygen atoms in total. The van der Waals surface area contributed by atoms with Gasteiger partial charge in [-0.1, -0.05) is 32.1 Å². The molecule has 0 spiro atoms. The van der Waals surface area contributed by atoms with Gasteiger partial charge in [0.15, 0.2) is 5.43 Å². The molecule has 3 aromatic rings. The van der Waals surface area contributed by atoms with Gasteiger partial charge < -0.3 is 9.67 Å². The van der Waals surface area contributed by atoms with Crippen LogP contribution in [0.3, 0.4) is 0 Å². The van der Waals surface area contributed by atoms with Crippen molar-refractivity contribution in [2.24, 2.45) is 0 Å². The fraction of sp³-hybridized carbons (Fsp3) is 0.250. The largest absolute Gasteiger partial charge is 0.477 e. The number of fused-ring (bicyclic) bond motifs is 1. The van der Waals surface area contributed by atoms with Gasteiger partial charge in [-0.3, -0.25) is 4.79 Å². The highest BCUT2D eigenvalue weighted by atomic mass is 32.1. The van der Waals surface area contributed by atoms with Crippen LogP contribution in [0.15, 0.2) is 34.4 Å². The fourth-order valence-electron chi connectivity index (χ4n) is 2.92. The molecule has 1 aromatic carbocycles. The van der Waals surface area contributed by atoms with Gasteiger partial charge in [-0.2, -0.15) is 0 Å². The summed E-state index contributed by atoms with van der Waals surface area (Å²) >= 11 is 1.56. The number of rotatable bonds is 5. The summed E-state index contributed by atoms with van der Waals surface area (Å²) < 4.78 is 1.65. The summed E-state index contributed by atoms with van der Waals surface area (Å²) in [7, 11) is 0. The van der Waals surface area contributed by atoms with Gasteiger partial charge in [0.05, 0.1) is 16.6 Å². The standard InChI is InChI=1S/C20H20N2O3S/c1-4-22-15-7-5-6-13(19(15)17(23)10-16(22)20(24)25)8-9-18-21-14(11-26-18)12(2)3/h5-12H,4H2,1-3H3,(H,24,25)/b9-8+. The van der Waals surface area contributed by atoms with Crippen LogP contribution in [0.25, 0.3) is 23.1 Å². The molecule has 0 amide bonds. The maximum Gasteiger partial charge on any atom is 0.352 e. The molecule has 134 valence electrons. The summed E-state index contributed by atoms with van der Waals surface area (Å²) in [6.45, 7) is 6.53. The van der Waals surface area contributed by atoms with E-state index in [9.17, 15) is 14.7 Å². The molecule has 3 rings (SSSR count).